The van der Waals surface area contributed by atoms with Gasteiger partial charge in [-0.1, -0.05) is 5.16 Å². The number of hydrogen-bond acceptors (Lipinski definition) is 5. The molecule has 5 heteroatoms. The van der Waals surface area contributed by atoms with E-state index in [1.54, 1.807) is 0 Å². The summed E-state index contributed by atoms with van der Waals surface area (Å²) >= 11 is 0. The van der Waals surface area contributed by atoms with Crippen LogP contribution in [0, 0.1) is 6.92 Å². The minimum atomic E-state index is 0.614. The van der Waals surface area contributed by atoms with E-state index in [4.69, 9.17) is 4.52 Å². The molecule has 1 aromatic heterocycles. The molecule has 1 aliphatic heterocycles. The van der Waals surface area contributed by atoms with E-state index in [9.17, 15) is 0 Å². The van der Waals surface area contributed by atoms with E-state index >= 15 is 0 Å². The second kappa shape index (κ2) is 4.06. The zero-order valence-corrected chi connectivity index (χ0v) is 8.66. The predicted octanol–water partition coefficient (Wildman–Crippen LogP) is 0.172. The molecule has 14 heavy (non-hydrogen) atoms. The van der Waals surface area contributed by atoms with Crippen LogP contribution in [0.4, 0.5) is 0 Å². The Morgan fingerprint density at radius 2 is 2.50 bits per heavy atom. The molecule has 0 amide bonds. The van der Waals surface area contributed by atoms with Gasteiger partial charge in [0.1, 0.15) is 0 Å². The summed E-state index contributed by atoms with van der Waals surface area (Å²) in [6, 6.07) is 0.614. The SMILES string of the molecule is CNC1CCN(Cc2noc(C)n2)C1. The molecule has 1 fully saturated rings. The van der Waals surface area contributed by atoms with Gasteiger partial charge in [-0.25, -0.2) is 0 Å². The molecular formula is C9H16N4O. The molecule has 2 heterocycles. The first-order valence-corrected chi connectivity index (χ1v) is 4.96. The van der Waals surface area contributed by atoms with E-state index < -0.39 is 0 Å². The average Bonchev–Trinajstić information content (AvgIpc) is 2.76. The molecule has 0 spiro atoms. The second-order valence-electron chi connectivity index (χ2n) is 3.74. The lowest BCUT2D eigenvalue weighted by Gasteiger charge is -2.12. The van der Waals surface area contributed by atoms with Gasteiger partial charge >= 0.3 is 0 Å². The smallest absolute Gasteiger partial charge is 0.223 e. The van der Waals surface area contributed by atoms with Crippen molar-refractivity contribution in [2.24, 2.45) is 0 Å². The summed E-state index contributed by atoms with van der Waals surface area (Å²) in [5, 5.41) is 7.16. The van der Waals surface area contributed by atoms with Gasteiger partial charge in [-0.2, -0.15) is 4.98 Å². The quantitative estimate of drug-likeness (QED) is 0.747. The molecule has 0 aromatic carbocycles. The monoisotopic (exact) mass is 196 g/mol. The molecule has 1 unspecified atom stereocenters. The van der Waals surface area contributed by atoms with Crippen LogP contribution in [0.15, 0.2) is 4.52 Å². The summed E-state index contributed by atoms with van der Waals surface area (Å²) in [5.41, 5.74) is 0. The van der Waals surface area contributed by atoms with Crippen molar-refractivity contribution in [3.8, 4) is 0 Å². The predicted molar refractivity (Wildman–Crippen MR) is 51.8 cm³/mol. The lowest BCUT2D eigenvalue weighted by Crippen LogP contribution is -2.29. The van der Waals surface area contributed by atoms with Crippen molar-refractivity contribution in [1.82, 2.24) is 20.4 Å². The third kappa shape index (κ3) is 2.10. The molecule has 78 valence electrons. The fraction of sp³-hybridized carbons (Fsp3) is 0.778. The highest BCUT2D eigenvalue weighted by Gasteiger charge is 2.21. The van der Waals surface area contributed by atoms with Gasteiger partial charge in [0.2, 0.25) is 5.89 Å². The van der Waals surface area contributed by atoms with E-state index in [0.29, 0.717) is 11.9 Å². The number of likely N-dealkylation sites (N-methyl/N-ethyl adjacent to an activating group) is 1. The molecule has 1 atom stereocenters. The number of aryl methyl sites for hydroxylation is 1. The summed E-state index contributed by atoms with van der Waals surface area (Å²) in [6.07, 6.45) is 1.20. The van der Waals surface area contributed by atoms with Crippen molar-refractivity contribution < 1.29 is 4.52 Å². The number of likely N-dealkylation sites (tertiary alicyclic amines) is 1. The van der Waals surface area contributed by atoms with Gasteiger partial charge in [-0.3, -0.25) is 4.90 Å². The average molecular weight is 196 g/mol. The van der Waals surface area contributed by atoms with Crippen molar-refractivity contribution in [1.29, 1.82) is 0 Å². The summed E-state index contributed by atoms with van der Waals surface area (Å²) in [4.78, 5) is 6.52. The van der Waals surface area contributed by atoms with Crippen molar-refractivity contribution in [2.75, 3.05) is 20.1 Å². The third-order valence-corrected chi connectivity index (χ3v) is 2.62. The van der Waals surface area contributed by atoms with Gasteiger partial charge in [0, 0.05) is 26.1 Å². The molecule has 1 aliphatic rings. The lowest BCUT2D eigenvalue weighted by atomic mass is 10.3. The molecule has 5 nitrogen and oxygen atoms in total. The summed E-state index contributed by atoms with van der Waals surface area (Å²) in [5.74, 6) is 1.43. The second-order valence-corrected chi connectivity index (χ2v) is 3.74. The largest absolute Gasteiger partial charge is 0.340 e. The normalized spacial score (nSPS) is 23.1. The molecule has 0 aliphatic carbocycles. The lowest BCUT2D eigenvalue weighted by molar-refractivity contribution is 0.303. The first kappa shape index (κ1) is 9.61. The van der Waals surface area contributed by atoms with Crippen molar-refractivity contribution in [3.05, 3.63) is 11.7 Å². The number of rotatable bonds is 3. The Balaban J connectivity index is 1.87. The van der Waals surface area contributed by atoms with Gasteiger partial charge < -0.3 is 9.84 Å². The first-order chi connectivity index (χ1) is 6.78. The highest BCUT2D eigenvalue weighted by Crippen LogP contribution is 2.11. The number of hydrogen-bond donors (Lipinski definition) is 1. The van der Waals surface area contributed by atoms with Crippen LogP contribution >= 0.6 is 0 Å². The van der Waals surface area contributed by atoms with Gasteiger partial charge in [0.25, 0.3) is 0 Å². The molecule has 1 saturated heterocycles. The van der Waals surface area contributed by atoms with Crippen LogP contribution in [0.5, 0.6) is 0 Å². The van der Waals surface area contributed by atoms with Crippen molar-refractivity contribution in [2.45, 2.75) is 25.9 Å². The Hall–Kier alpha value is -0.940. The topological polar surface area (TPSA) is 54.2 Å². The van der Waals surface area contributed by atoms with Crippen LogP contribution in [0.2, 0.25) is 0 Å². The molecule has 0 saturated carbocycles. The number of nitrogens with zero attached hydrogens (tertiary/aromatic N) is 3. The van der Waals surface area contributed by atoms with E-state index in [0.717, 1.165) is 25.5 Å². The Kier molecular flexibility index (Phi) is 2.79. The number of nitrogens with one attached hydrogen (secondary N) is 1. The Morgan fingerprint density at radius 3 is 3.07 bits per heavy atom. The van der Waals surface area contributed by atoms with Gasteiger partial charge in [0.05, 0.1) is 6.54 Å². The van der Waals surface area contributed by atoms with E-state index in [2.05, 4.69) is 20.4 Å². The van der Waals surface area contributed by atoms with Gasteiger partial charge in [-0.15, -0.1) is 0 Å². The Bertz CT molecular complexity index is 299. The summed E-state index contributed by atoms with van der Waals surface area (Å²) in [6.45, 7) is 4.80. The minimum Gasteiger partial charge on any atom is -0.340 e. The third-order valence-electron chi connectivity index (χ3n) is 2.62. The first-order valence-electron chi connectivity index (χ1n) is 4.96. The maximum Gasteiger partial charge on any atom is 0.223 e. The van der Waals surface area contributed by atoms with Crippen LogP contribution in [-0.4, -0.2) is 41.2 Å². The fourth-order valence-electron chi connectivity index (χ4n) is 1.82. The van der Waals surface area contributed by atoms with E-state index in [1.807, 2.05) is 14.0 Å². The Labute approximate surface area is 83.5 Å². The minimum absolute atomic E-state index is 0.614. The van der Waals surface area contributed by atoms with Crippen LogP contribution in [0.25, 0.3) is 0 Å². The molecule has 0 radical (unpaired) electrons. The molecule has 1 aromatic rings. The summed E-state index contributed by atoms with van der Waals surface area (Å²) in [7, 11) is 2.01. The van der Waals surface area contributed by atoms with E-state index in [1.165, 1.54) is 6.42 Å². The molecular weight excluding hydrogens is 180 g/mol. The van der Waals surface area contributed by atoms with Crippen molar-refractivity contribution >= 4 is 0 Å². The van der Waals surface area contributed by atoms with Crippen molar-refractivity contribution in [3.63, 3.8) is 0 Å². The highest BCUT2D eigenvalue weighted by atomic mass is 16.5. The zero-order valence-electron chi connectivity index (χ0n) is 8.66. The molecule has 1 N–H and O–H groups in total. The number of aromatic nitrogens is 2. The van der Waals surface area contributed by atoms with Crippen LogP contribution in [0.3, 0.4) is 0 Å². The van der Waals surface area contributed by atoms with Gasteiger partial charge in [-0.05, 0) is 13.5 Å². The summed E-state index contributed by atoms with van der Waals surface area (Å²) < 4.78 is 4.92. The van der Waals surface area contributed by atoms with E-state index in [-0.39, 0.29) is 0 Å². The molecule has 2 rings (SSSR count). The van der Waals surface area contributed by atoms with Crippen LogP contribution in [0.1, 0.15) is 18.1 Å². The van der Waals surface area contributed by atoms with Gasteiger partial charge in [0.15, 0.2) is 5.82 Å². The Morgan fingerprint density at radius 1 is 1.64 bits per heavy atom. The maximum absolute atomic E-state index is 4.92. The van der Waals surface area contributed by atoms with Crippen LogP contribution in [-0.2, 0) is 6.54 Å². The van der Waals surface area contributed by atoms with Crippen LogP contribution < -0.4 is 5.32 Å². The highest BCUT2D eigenvalue weighted by molar-refractivity contribution is 4.87. The standard InChI is InChI=1S/C9H16N4O/c1-7-11-9(12-14-7)6-13-4-3-8(5-13)10-2/h8,10H,3-6H2,1-2H3. The molecule has 0 bridgehead atoms. The zero-order chi connectivity index (χ0) is 9.97. The maximum atomic E-state index is 4.92. The fourth-order valence-corrected chi connectivity index (χ4v) is 1.82.